The summed E-state index contributed by atoms with van der Waals surface area (Å²) in [5.41, 5.74) is -0.131. The average molecular weight is 342 g/mol. The Bertz CT molecular complexity index is 593. The van der Waals surface area contributed by atoms with Crippen LogP contribution in [0.5, 0.6) is 5.75 Å². The molecule has 4 N–H and O–H groups in total. The zero-order chi connectivity index (χ0) is 17.9. The van der Waals surface area contributed by atoms with Gasteiger partial charge in [-0.25, -0.2) is 0 Å². The summed E-state index contributed by atoms with van der Waals surface area (Å²) in [5, 5.41) is 42.3. The van der Waals surface area contributed by atoms with Crippen molar-refractivity contribution in [3.05, 3.63) is 34.4 Å². The van der Waals surface area contributed by atoms with Crippen molar-refractivity contribution in [2.75, 3.05) is 6.61 Å². The first kappa shape index (κ1) is 18.1. The van der Waals surface area contributed by atoms with Crippen LogP contribution < -0.4 is 10.1 Å². The predicted molar refractivity (Wildman–Crippen MR) is 79.1 cm³/mol. The molecule has 10 heteroatoms. The Kier molecular flexibility index (Phi) is 5.67. The van der Waals surface area contributed by atoms with E-state index in [-0.39, 0.29) is 11.4 Å². The Morgan fingerprint density at radius 3 is 2.46 bits per heavy atom. The molecule has 1 amide bonds. The quantitative estimate of drug-likeness (QED) is 0.389. The zero-order valence-electron chi connectivity index (χ0n) is 12.7. The summed E-state index contributed by atoms with van der Waals surface area (Å²) in [6.07, 6.45) is -5.15. The molecule has 0 aliphatic carbocycles. The van der Waals surface area contributed by atoms with Gasteiger partial charge in [-0.2, -0.15) is 0 Å². The highest BCUT2D eigenvalue weighted by molar-refractivity contribution is 5.73. The smallest absolute Gasteiger partial charge is 0.269 e. The van der Waals surface area contributed by atoms with Crippen molar-refractivity contribution in [2.24, 2.45) is 0 Å². The summed E-state index contributed by atoms with van der Waals surface area (Å²) in [4.78, 5) is 21.4. The Morgan fingerprint density at radius 2 is 1.96 bits per heavy atom. The number of ether oxygens (including phenoxy) is 2. The molecule has 3 unspecified atom stereocenters. The predicted octanol–water partition coefficient (Wildman–Crippen LogP) is -1.08. The molecule has 1 aliphatic rings. The Labute approximate surface area is 136 Å². The lowest BCUT2D eigenvalue weighted by atomic mass is 9.97. The maximum Gasteiger partial charge on any atom is 0.269 e. The minimum atomic E-state index is -1.43. The van der Waals surface area contributed by atoms with Gasteiger partial charge in [-0.1, -0.05) is 0 Å². The summed E-state index contributed by atoms with van der Waals surface area (Å²) in [5.74, 6) is -0.282. The van der Waals surface area contributed by atoms with E-state index >= 15 is 0 Å². The number of carbonyl (C=O) groups excluding carboxylic acids is 1. The molecule has 1 aliphatic heterocycles. The van der Waals surface area contributed by atoms with Crippen LogP contribution in [0.1, 0.15) is 6.92 Å². The number of carbonyl (C=O) groups is 1. The highest BCUT2D eigenvalue weighted by Crippen LogP contribution is 2.25. The first-order valence-electron chi connectivity index (χ1n) is 7.14. The number of nitro benzene ring substituents is 1. The topological polar surface area (TPSA) is 151 Å². The van der Waals surface area contributed by atoms with Gasteiger partial charge in [0, 0.05) is 19.1 Å². The van der Waals surface area contributed by atoms with Gasteiger partial charge in [0.1, 0.15) is 30.1 Å². The maximum atomic E-state index is 11.3. The molecule has 0 saturated carbocycles. The van der Waals surface area contributed by atoms with Gasteiger partial charge in [-0.15, -0.1) is 0 Å². The van der Waals surface area contributed by atoms with Crippen LogP contribution in [0.4, 0.5) is 5.69 Å². The second-order valence-corrected chi connectivity index (χ2v) is 5.30. The SMILES string of the molecule is CC(=O)NC1C(O)[C@H](O)C(CO)O[C@H]1Oc1ccc([N+](=O)[O-])cc1. The summed E-state index contributed by atoms with van der Waals surface area (Å²) in [7, 11) is 0. The van der Waals surface area contributed by atoms with Crippen LogP contribution in [0.25, 0.3) is 0 Å². The van der Waals surface area contributed by atoms with Gasteiger partial charge < -0.3 is 30.1 Å². The minimum Gasteiger partial charge on any atom is -0.463 e. The Balaban J connectivity index is 2.19. The highest BCUT2D eigenvalue weighted by Gasteiger charge is 2.46. The largest absolute Gasteiger partial charge is 0.463 e. The van der Waals surface area contributed by atoms with Crippen molar-refractivity contribution in [1.82, 2.24) is 5.32 Å². The molecule has 0 aromatic heterocycles. The van der Waals surface area contributed by atoms with E-state index in [4.69, 9.17) is 9.47 Å². The molecule has 0 spiro atoms. The monoisotopic (exact) mass is 342 g/mol. The van der Waals surface area contributed by atoms with Crippen molar-refractivity contribution in [1.29, 1.82) is 0 Å². The number of non-ortho nitro benzene ring substituents is 1. The number of benzene rings is 1. The third-order valence-electron chi connectivity index (χ3n) is 3.55. The summed E-state index contributed by atoms with van der Waals surface area (Å²) in [6.45, 7) is 0.658. The summed E-state index contributed by atoms with van der Waals surface area (Å²) >= 11 is 0. The van der Waals surface area contributed by atoms with Crippen LogP contribution >= 0.6 is 0 Å². The van der Waals surface area contributed by atoms with E-state index in [2.05, 4.69) is 5.32 Å². The van der Waals surface area contributed by atoms with E-state index in [1.54, 1.807) is 0 Å². The van der Waals surface area contributed by atoms with Gasteiger partial charge in [0.2, 0.25) is 12.2 Å². The fourth-order valence-corrected chi connectivity index (χ4v) is 2.35. The standard InChI is InChI=1S/C14H18N2O8/c1-7(18)15-11-13(20)12(19)10(6-17)24-14(11)23-9-4-2-8(3-5-9)16(21)22/h2-5,10-14,17,19-20H,6H2,1H3,(H,15,18)/t10?,11?,12-,13?,14-/m1/s1. The van der Waals surface area contributed by atoms with Crippen LogP contribution in [0.15, 0.2) is 24.3 Å². The van der Waals surface area contributed by atoms with E-state index in [0.29, 0.717) is 0 Å². The van der Waals surface area contributed by atoms with E-state index in [1.165, 1.54) is 31.2 Å². The van der Waals surface area contributed by atoms with Crippen molar-refractivity contribution >= 4 is 11.6 Å². The number of amides is 1. The van der Waals surface area contributed by atoms with Crippen LogP contribution in [-0.2, 0) is 9.53 Å². The van der Waals surface area contributed by atoms with Gasteiger partial charge in [0.05, 0.1) is 11.5 Å². The lowest BCUT2D eigenvalue weighted by Crippen LogP contribution is -2.65. The van der Waals surface area contributed by atoms with Crippen molar-refractivity contribution in [3.8, 4) is 5.75 Å². The van der Waals surface area contributed by atoms with Crippen LogP contribution in [0, 0.1) is 10.1 Å². The Hall–Kier alpha value is -2.27. The van der Waals surface area contributed by atoms with E-state index in [9.17, 15) is 30.2 Å². The fourth-order valence-electron chi connectivity index (χ4n) is 2.35. The number of rotatable bonds is 5. The second kappa shape index (κ2) is 7.53. The lowest BCUT2D eigenvalue weighted by molar-refractivity contribution is -0.384. The molecule has 24 heavy (non-hydrogen) atoms. The summed E-state index contributed by atoms with van der Waals surface area (Å²) in [6, 6.07) is 4.02. The van der Waals surface area contributed by atoms with E-state index in [0.717, 1.165) is 0 Å². The molecule has 1 fully saturated rings. The maximum absolute atomic E-state index is 11.3. The first-order valence-corrected chi connectivity index (χ1v) is 7.14. The van der Waals surface area contributed by atoms with Gasteiger partial charge in [-0.05, 0) is 12.1 Å². The number of nitro groups is 1. The highest BCUT2D eigenvalue weighted by atomic mass is 16.7. The van der Waals surface area contributed by atoms with Crippen molar-refractivity contribution in [2.45, 2.75) is 37.6 Å². The molecule has 1 aromatic rings. The molecule has 1 heterocycles. The van der Waals surface area contributed by atoms with Gasteiger partial charge >= 0.3 is 0 Å². The van der Waals surface area contributed by atoms with Crippen LogP contribution in [-0.4, -0.2) is 63.4 Å². The number of nitrogens with zero attached hydrogens (tertiary/aromatic N) is 1. The van der Waals surface area contributed by atoms with E-state index < -0.39 is 48.1 Å². The first-order chi connectivity index (χ1) is 11.3. The molecule has 1 saturated heterocycles. The zero-order valence-corrected chi connectivity index (χ0v) is 12.7. The molecule has 5 atom stereocenters. The Morgan fingerprint density at radius 1 is 1.33 bits per heavy atom. The molecule has 132 valence electrons. The molecule has 0 bridgehead atoms. The van der Waals surface area contributed by atoms with Gasteiger partial charge in [-0.3, -0.25) is 14.9 Å². The number of aliphatic hydroxyl groups excluding tert-OH is 3. The van der Waals surface area contributed by atoms with Crippen LogP contribution in [0.2, 0.25) is 0 Å². The normalized spacial score (nSPS) is 29.8. The minimum absolute atomic E-state index is 0.131. The molecule has 0 radical (unpaired) electrons. The number of aliphatic hydroxyl groups is 3. The van der Waals surface area contributed by atoms with Crippen molar-refractivity contribution < 1.29 is 34.5 Å². The molecule has 10 nitrogen and oxygen atoms in total. The van der Waals surface area contributed by atoms with Crippen molar-refractivity contribution in [3.63, 3.8) is 0 Å². The second-order valence-electron chi connectivity index (χ2n) is 5.30. The summed E-state index contributed by atoms with van der Waals surface area (Å²) < 4.78 is 10.9. The molecular formula is C14H18N2O8. The molecule has 2 rings (SSSR count). The van der Waals surface area contributed by atoms with Gasteiger partial charge in [0.25, 0.3) is 5.69 Å². The number of hydrogen-bond acceptors (Lipinski definition) is 8. The lowest BCUT2D eigenvalue weighted by Gasteiger charge is -2.42. The molecule has 1 aromatic carbocycles. The third-order valence-corrected chi connectivity index (χ3v) is 3.55. The molecular weight excluding hydrogens is 324 g/mol. The fraction of sp³-hybridized carbons (Fsp3) is 0.500. The van der Waals surface area contributed by atoms with Gasteiger partial charge in [0.15, 0.2) is 0 Å². The average Bonchev–Trinajstić information content (AvgIpc) is 2.54. The number of nitrogens with one attached hydrogen (secondary N) is 1. The third kappa shape index (κ3) is 3.97. The number of hydrogen-bond donors (Lipinski definition) is 4. The van der Waals surface area contributed by atoms with Crippen LogP contribution in [0.3, 0.4) is 0 Å². The van der Waals surface area contributed by atoms with E-state index in [1.807, 2.05) is 0 Å².